The van der Waals surface area contributed by atoms with Gasteiger partial charge in [0.15, 0.2) is 18.9 Å². The molecule has 0 amide bonds. The van der Waals surface area contributed by atoms with Crippen LogP contribution in [0, 0.1) is 11.8 Å². The van der Waals surface area contributed by atoms with E-state index >= 15 is 0 Å². The minimum atomic E-state index is -1.65. The fraction of sp³-hybridized carbons (Fsp3) is 0.750. The number of carbonyl (C=O) groups is 3. The van der Waals surface area contributed by atoms with Crippen LogP contribution >= 0.6 is 0 Å². The smallest absolute Gasteiger partial charge is 0.306 e. The fourth-order valence-corrected chi connectivity index (χ4v) is 3.66. The molecule has 4 N–H and O–H groups in total. The van der Waals surface area contributed by atoms with Crippen molar-refractivity contribution >= 4 is 18.0 Å². The number of rotatable bonds is 9. The second kappa shape index (κ2) is 11.8. The van der Waals surface area contributed by atoms with Crippen molar-refractivity contribution in [3.05, 3.63) is 11.6 Å². The van der Waals surface area contributed by atoms with Gasteiger partial charge >= 0.3 is 5.97 Å². The first-order valence-corrected chi connectivity index (χ1v) is 10.2. The van der Waals surface area contributed by atoms with E-state index in [0.717, 1.165) is 0 Å². The van der Waals surface area contributed by atoms with Gasteiger partial charge in [-0.3, -0.25) is 14.4 Å². The maximum atomic E-state index is 12.2. The molecule has 2 heterocycles. The summed E-state index contributed by atoms with van der Waals surface area (Å²) < 4.78 is 21.7. The first-order valence-electron chi connectivity index (χ1n) is 10.2. The molecule has 8 atom stereocenters. The number of ketones is 1. The van der Waals surface area contributed by atoms with Gasteiger partial charge in [0.2, 0.25) is 5.78 Å². The van der Waals surface area contributed by atoms with E-state index < -0.39 is 67.2 Å². The van der Waals surface area contributed by atoms with Crippen LogP contribution in [0.4, 0.5) is 0 Å². The van der Waals surface area contributed by atoms with Gasteiger partial charge in [0, 0.05) is 5.92 Å². The summed E-state index contributed by atoms with van der Waals surface area (Å²) in [5.74, 6) is -2.97. The maximum absolute atomic E-state index is 12.2. The Labute approximate surface area is 179 Å². The number of aliphatic hydroxyl groups excluding tert-OH is 4. The van der Waals surface area contributed by atoms with Crippen molar-refractivity contribution in [1.82, 2.24) is 0 Å². The molecule has 2 aliphatic heterocycles. The van der Waals surface area contributed by atoms with E-state index in [1.807, 2.05) is 6.92 Å². The number of aldehydes is 1. The second-order valence-corrected chi connectivity index (χ2v) is 7.45. The Morgan fingerprint density at radius 1 is 1.19 bits per heavy atom. The Bertz CT molecular complexity index is 662. The zero-order valence-electron chi connectivity index (χ0n) is 17.5. The molecule has 0 aromatic carbocycles. The van der Waals surface area contributed by atoms with E-state index in [9.17, 15) is 34.8 Å². The highest BCUT2D eigenvalue weighted by Crippen LogP contribution is 2.36. The lowest BCUT2D eigenvalue weighted by Gasteiger charge is -2.43. The molecule has 2 fully saturated rings. The monoisotopic (exact) mass is 446 g/mol. The average molecular weight is 446 g/mol. The quantitative estimate of drug-likeness (QED) is 0.140. The van der Waals surface area contributed by atoms with Gasteiger partial charge in [-0.15, -0.1) is 0 Å². The van der Waals surface area contributed by atoms with Gasteiger partial charge in [0.05, 0.1) is 32.2 Å². The number of hydrogen-bond acceptors (Lipinski definition) is 11. The molecule has 6 unspecified atom stereocenters. The first-order chi connectivity index (χ1) is 14.8. The molecule has 0 saturated carbocycles. The highest BCUT2D eigenvalue weighted by molar-refractivity contribution is 6.26. The molecule has 0 aromatic heterocycles. The van der Waals surface area contributed by atoms with Crippen molar-refractivity contribution in [2.75, 3.05) is 19.8 Å². The number of aliphatic hydroxyl groups is 4. The summed E-state index contributed by atoms with van der Waals surface area (Å²) in [5.41, 5.74) is 0.358. The van der Waals surface area contributed by atoms with Crippen LogP contribution in [0.15, 0.2) is 11.6 Å². The summed E-state index contributed by atoms with van der Waals surface area (Å²) in [4.78, 5) is 35.4. The Hall–Kier alpha value is -1.73. The molecule has 2 aliphatic rings. The largest absolute Gasteiger partial charge is 0.466 e. The van der Waals surface area contributed by atoms with Crippen LogP contribution in [0.2, 0.25) is 0 Å². The Kier molecular flexibility index (Phi) is 9.69. The number of Topliss-reactive ketones (excluding diaryl/α,β-unsaturated/α-hetero) is 1. The minimum Gasteiger partial charge on any atom is -0.466 e. The number of ether oxygens (including phenoxy) is 4. The van der Waals surface area contributed by atoms with E-state index in [0.29, 0.717) is 12.0 Å². The lowest BCUT2D eigenvalue weighted by molar-refractivity contribution is -0.335. The van der Waals surface area contributed by atoms with Crippen molar-refractivity contribution < 1.29 is 53.8 Å². The van der Waals surface area contributed by atoms with Crippen LogP contribution in [0.25, 0.3) is 0 Å². The molecule has 0 spiro atoms. The van der Waals surface area contributed by atoms with E-state index in [-0.39, 0.29) is 25.9 Å². The summed E-state index contributed by atoms with van der Waals surface area (Å²) in [7, 11) is 0. The van der Waals surface area contributed by atoms with Crippen molar-refractivity contribution in [3.63, 3.8) is 0 Å². The fourth-order valence-electron chi connectivity index (χ4n) is 3.66. The van der Waals surface area contributed by atoms with E-state index in [2.05, 4.69) is 0 Å². The van der Waals surface area contributed by atoms with Crippen LogP contribution in [0.1, 0.15) is 26.7 Å². The van der Waals surface area contributed by atoms with Crippen molar-refractivity contribution in [3.8, 4) is 0 Å². The van der Waals surface area contributed by atoms with Gasteiger partial charge in [-0.1, -0.05) is 13.0 Å². The highest BCUT2D eigenvalue weighted by Gasteiger charge is 2.47. The van der Waals surface area contributed by atoms with Crippen LogP contribution in [-0.4, -0.2) is 95.3 Å². The summed E-state index contributed by atoms with van der Waals surface area (Å²) in [5, 5.41) is 39.4. The summed E-state index contributed by atoms with van der Waals surface area (Å²) >= 11 is 0. The molecular formula is C20H30O11. The molecule has 0 aromatic rings. The van der Waals surface area contributed by atoms with Crippen molar-refractivity contribution in [2.24, 2.45) is 11.8 Å². The summed E-state index contributed by atoms with van der Waals surface area (Å²) in [6.45, 7) is 2.81. The van der Waals surface area contributed by atoms with Crippen molar-refractivity contribution in [1.29, 1.82) is 0 Å². The maximum Gasteiger partial charge on any atom is 0.306 e. The lowest BCUT2D eigenvalue weighted by atomic mass is 9.79. The lowest BCUT2D eigenvalue weighted by Crippen LogP contribution is -2.60. The molecule has 2 rings (SSSR count). The molecule has 11 heteroatoms. The molecule has 0 bridgehead atoms. The van der Waals surface area contributed by atoms with E-state index in [1.165, 1.54) is 0 Å². The number of allylic oxidation sites excluding steroid dienone is 1. The second-order valence-electron chi connectivity index (χ2n) is 7.45. The SMILES string of the molecule is CC=C1[C@H](OC2OC(CO)C(O)C(O)C2O)OCC(C(=O)C=O)[C@H]1CC(=O)OCCC. The Morgan fingerprint density at radius 2 is 1.90 bits per heavy atom. The van der Waals surface area contributed by atoms with Crippen LogP contribution < -0.4 is 0 Å². The van der Waals surface area contributed by atoms with Gasteiger partial charge in [0.25, 0.3) is 0 Å². The first kappa shape index (κ1) is 25.5. The topological polar surface area (TPSA) is 169 Å². The molecule has 11 nitrogen and oxygen atoms in total. The average Bonchev–Trinajstić information content (AvgIpc) is 2.77. The minimum absolute atomic E-state index is 0.171. The number of hydrogen-bond donors (Lipinski definition) is 4. The molecule has 0 aliphatic carbocycles. The predicted octanol–water partition coefficient (Wildman–Crippen LogP) is -1.55. The van der Waals surface area contributed by atoms with Crippen LogP contribution in [0.3, 0.4) is 0 Å². The van der Waals surface area contributed by atoms with Gasteiger partial charge in [-0.05, 0) is 18.9 Å². The molecule has 176 valence electrons. The molecular weight excluding hydrogens is 416 g/mol. The zero-order valence-corrected chi connectivity index (χ0v) is 17.5. The normalized spacial score (nSPS) is 37.4. The Balaban J connectivity index is 2.21. The third-order valence-electron chi connectivity index (χ3n) is 5.39. The molecule has 0 radical (unpaired) electrons. The van der Waals surface area contributed by atoms with Gasteiger partial charge in [-0.25, -0.2) is 0 Å². The van der Waals surface area contributed by atoms with Gasteiger partial charge in [-0.2, -0.15) is 0 Å². The number of esters is 1. The van der Waals surface area contributed by atoms with Gasteiger partial charge in [0.1, 0.15) is 24.4 Å². The van der Waals surface area contributed by atoms with Gasteiger partial charge < -0.3 is 39.4 Å². The molecule has 2 saturated heterocycles. The third kappa shape index (κ3) is 5.95. The van der Waals surface area contributed by atoms with Crippen LogP contribution in [-0.2, 0) is 33.3 Å². The zero-order chi connectivity index (χ0) is 23.1. The van der Waals surface area contributed by atoms with E-state index in [1.54, 1.807) is 13.0 Å². The van der Waals surface area contributed by atoms with Crippen molar-refractivity contribution in [2.45, 2.75) is 63.7 Å². The third-order valence-corrected chi connectivity index (χ3v) is 5.39. The van der Waals surface area contributed by atoms with E-state index in [4.69, 9.17) is 18.9 Å². The standard InChI is InChI=1S/C20H30O11/c1-3-5-28-15(24)6-11-10(4-2)19(29-9-12(11)13(23)7-21)31-20-18(27)17(26)16(25)14(8-22)30-20/h4,7,11-12,14,16-20,22,25-27H,3,5-6,8-9H2,1-2H3/t11-,12?,14?,16?,17?,18?,19-,20?/m0/s1. The number of carbonyl (C=O) groups excluding carboxylic acids is 3. The van der Waals surface area contributed by atoms with Crippen LogP contribution in [0.5, 0.6) is 0 Å². The summed E-state index contributed by atoms with van der Waals surface area (Å²) in [6.07, 6.45) is -6.50. The highest BCUT2D eigenvalue weighted by atomic mass is 16.8. The predicted molar refractivity (Wildman–Crippen MR) is 102 cm³/mol. The molecule has 31 heavy (non-hydrogen) atoms. The Morgan fingerprint density at radius 3 is 2.48 bits per heavy atom. The summed E-state index contributed by atoms with van der Waals surface area (Å²) in [6, 6.07) is 0.